The summed E-state index contributed by atoms with van der Waals surface area (Å²) < 4.78 is 0. The van der Waals surface area contributed by atoms with Crippen molar-refractivity contribution in [2.75, 3.05) is 14.1 Å². The molecule has 9 heteroatoms. The maximum Gasteiger partial charge on any atom is 0.255 e. The number of benzene rings is 1. The van der Waals surface area contributed by atoms with Crippen LogP contribution >= 0.6 is 0 Å². The normalized spacial score (nSPS) is 29.6. The van der Waals surface area contributed by atoms with E-state index in [9.17, 15) is 34.5 Å². The van der Waals surface area contributed by atoms with Gasteiger partial charge in [0, 0.05) is 22.6 Å². The number of ketones is 3. The third-order valence-corrected chi connectivity index (χ3v) is 6.89. The molecule has 0 aromatic heterocycles. The van der Waals surface area contributed by atoms with E-state index < -0.39 is 52.3 Å². The number of nitrogens with two attached hydrogens (primary N) is 1. The van der Waals surface area contributed by atoms with Gasteiger partial charge >= 0.3 is 0 Å². The lowest BCUT2D eigenvalue weighted by molar-refractivity contribution is -0.153. The molecular formula is C23H24N2O7. The van der Waals surface area contributed by atoms with E-state index in [-0.39, 0.29) is 30.0 Å². The fraction of sp³-hybridized carbons (Fsp3) is 0.391. The first-order chi connectivity index (χ1) is 14.9. The number of Topliss-reactive ketones (excluding diaryl/α,β-unsaturated/α-hetero) is 3. The lowest BCUT2D eigenvalue weighted by Gasteiger charge is -2.50. The number of likely N-dealkylation sites (N-methyl/N-ethyl adjacent to an activating group) is 1. The van der Waals surface area contributed by atoms with Gasteiger partial charge in [-0.05, 0) is 45.3 Å². The third-order valence-electron chi connectivity index (χ3n) is 6.89. The molecule has 1 fully saturated rings. The highest BCUT2D eigenvalue weighted by Gasteiger charge is 2.64. The number of amides is 1. The van der Waals surface area contributed by atoms with Crippen LogP contribution in [-0.2, 0) is 20.8 Å². The number of carbonyl (C=O) groups excluding carboxylic acids is 4. The standard InChI is InChI=1S/C23H24N2O7/c1-9(26)11-5-4-6-12-13(11)7-10-8-14-17(25(2)3)19(28)16(22(24)31)21(30)23(14,32)20(29)15(10)18(12)27/h4-6,10,14,17,27,30,32H,7-8H2,1-3H3,(H2,24,31)/t10-,14-,17+,23-/m0/s1. The number of nitrogens with zero attached hydrogens (tertiary/aromatic N) is 1. The molecule has 1 saturated carbocycles. The van der Waals surface area contributed by atoms with Crippen molar-refractivity contribution in [2.24, 2.45) is 17.6 Å². The van der Waals surface area contributed by atoms with Gasteiger partial charge in [-0.3, -0.25) is 24.1 Å². The molecule has 0 spiro atoms. The van der Waals surface area contributed by atoms with E-state index in [1.54, 1.807) is 32.3 Å². The highest BCUT2D eigenvalue weighted by molar-refractivity contribution is 6.24. The molecule has 0 heterocycles. The topological polar surface area (TPSA) is 158 Å². The quantitative estimate of drug-likeness (QED) is 0.390. The van der Waals surface area contributed by atoms with Crippen molar-refractivity contribution in [1.29, 1.82) is 0 Å². The molecule has 0 radical (unpaired) electrons. The zero-order chi connectivity index (χ0) is 23.7. The Labute approximate surface area is 183 Å². The maximum absolute atomic E-state index is 13.6. The van der Waals surface area contributed by atoms with Crippen molar-refractivity contribution in [3.8, 4) is 0 Å². The van der Waals surface area contributed by atoms with Gasteiger partial charge in [-0.2, -0.15) is 0 Å². The van der Waals surface area contributed by atoms with Crippen LogP contribution in [0.5, 0.6) is 0 Å². The summed E-state index contributed by atoms with van der Waals surface area (Å²) in [6.07, 6.45) is 0.294. The molecule has 0 saturated heterocycles. The summed E-state index contributed by atoms with van der Waals surface area (Å²) in [5.41, 5.74) is 3.09. The predicted octanol–water partition coefficient (Wildman–Crippen LogP) is 0.461. The summed E-state index contributed by atoms with van der Waals surface area (Å²) in [6, 6.07) is 3.69. The van der Waals surface area contributed by atoms with Gasteiger partial charge in [-0.15, -0.1) is 0 Å². The molecule has 5 N–H and O–H groups in total. The second-order valence-corrected chi connectivity index (χ2v) is 8.85. The van der Waals surface area contributed by atoms with E-state index >= 15 is 0 Å². The highest BCUT2D eigenvalue weighted by atomic mass is 16.3. The van der Waals surface area contributed by atoms with E-state index in [4.69, 9.17) is 5.73 Å². The molecule has 1 amide bonds. The van der Waals surface area contributed by atoms with Gasteiger partial charge in [0.05, 0.1) is 6.04 Å². The van der Waals surface area contributed by atoms with E-state index in [0.717, 1.165) is 0 Å². The summed E-state index contributed by atoms with van der Waals surface area (Å²) in [5.74, 6) is -6.35. The smallest absolute Gasteiger partial charge is 0.255 e. The first-order valence-corrected chi connectivity index (χ1v) is 10.2. The Morgan fingerprint density at radius 1 is 1.19 bits per heavy atom. The fourth-order valence-electron chi connectivity index (χ4n) is 5.50. The largest absolute Gasteiger partial charge is 0.508 e. The van der Waals surface area contributed by atoms with Crippen LogP contribution < -0.4 is 5.73 Å². The predicted molar refractivity (Wildman–Crippen MR) is 113 cm³/mol. The molecule has 0 aliphatic heterocycles. The number of primary amides is 1. The van der Waals surface area contributed by atoms with E-state index in [1.165, 1.54) is 11.8 Å². The van der Waals surface area contributed by atoms with Crippen molar-refractivity contribution in [3.63, 3.8) is 0 Å². The van der Waals surface area contributed by atoms with Crippen LogP contribution in [0, 0.1) is 11.8 Å². The first kappa shape index (κ1) is 21.9. The number of aliphatic hydroxyl groups is 3. The monoisotopic (exact) mass is 440 g/mol. The van der Waals surface area contributed by atoms with Crippen LogP contribution in [-0.4, -0.2) is 69.2 Å². The van der Waals surface area contributed by atoms with Gasteiger partial charge in [0.15, 0.2) is 17.2 Å². The second-order valence-electron chi connectivity index (χ2n) is 8.85. The molecule has 3 aliphatic carbocycles. The average molecular weight is 440 g/mol. The molecule has 9 nitrogen and oxygen atoms in total. The SMILES string of the molecule is CC(=O)c1cccc2c1C[C@H]1C[C@H]3[C@@H](N(C)C)C(=O)C(C(N)=O)=C(O)[C@@]3(O)C(=O)C1=C2O. The molecule has 1 aromatic rings. The summed E-state index contributed by atoms with van der Waals surface area (Å²) in [6.45, 7) is 1.41. The lowest BCUT2D eigenvalue weighted by Crippen LogP contribution is -2.65. The van der Waals surface area contributed by atoms with Crippen molar-refractivity contribution >= 4 is 29.0 Å². The van der Waals surface area contributed by atoms with Crippen LogP contribution in [0.1, 0.15) is 34.8 Å². The Balaban J connectivity index is 1.97. The van der Waals surface area contributed by atoms with Gasteiger partial charge < -0.3 is 21.1 Å². The summed E-state index contributed by atoms with van der Waals surface area (Å²) in [7, 11) is 3.11. The number of carbonyl (C=O) groups is 4. The van der Waals surface area contributed by atoms with Crippen LogP contribution in [0.2, 0.25) is 0 Å². The number of hydrogen-bond acceptors (Lipinski definition) is 8. The number of hydrogen-bond donors (Lipinski definition) is 4. The van der Waals surface area contributed by atoms with Gasteiger partial charge in [0.2, 0.25) is 5.78 Å². The zero-order valence-corrected chi connectivity index (χ0v) is 17.9. The Hall–Kier alpha value is -3.30. The molecular weight excluding hydrogens is 416 g/mol. The number of fused-ring (bicyclic) bond motifs is 3. The zero-order valence-electron chi connectivity index (χ0n) is 17.9. The third kappa shape index (κ3) is 2.71. The molecule has 0 unspecified atom stereocenters. The van der Waals surface area contributed by atoms with Crippen molar-refractivity contribution in [2.45, 2.75) is 31.4 Å². The van der Waals surface area contributed by atoms with E-state index in [1.807, 2.05) is 0 Å². The minimum absolute atomic E-state index is 0.0536. The summed E-state index contributed by atoms with van der Waals surface area (Å²) in [5, 5.41) is 33.2. The maximum atomic E-state index is 13.6. The van der Waals surface area contributed by atoms with Crippen LogP contribution in [0.15, 0.2) is 35.1 Å². The second kappa shape index (κ2) is 7.11. The molecule has 4 atom stereocenters. The first-order valence-electron chi connectivity index (χ1n) is 10.2. The Morgan fingerprint density at radius 3 is 2.41 bits per heavy atom. The minimum atomic E-state index is -2.59. The van der Waals surface area contributed by atoms with Crippen molar-refractivity contribution in [3.05, 3.63) is 51.8 Å². The highest BCUT2D eigenvalue weighted by Crippen LogP contribution is 2.51. The lowest BCUT2D eigenvalue weighted by atomic mass is 9.57. The Kier molecular flexibility index (Phi) is 4.87. The molecule has 32 heavy (non-hydrogen) atoms. The van der Waals surface area contributed by atoms with E-state index in [0.29, 0.717) is 16.7 Å². The number of rotatable bonds is 3. The van der Waals surface area contributed by atoms with Gasteiger partial charge in [0.25, 0.3) is 5.91 Å². The molecule has 4 rings (SSSR count). The minimum Gasteiger partial charge on any atom is -0.508 e. The molecule has 1 aromatic carbocycles. The van der Waals surface area contributed by atoms with Gasteiger partial charge in [0.1, 0.15) is 17.1 Å². The van der Waals surface area contributed by atoms with Crippen LogP contribution in [0.25, 0.3) is 5.76 Å². The number of aliphatic hydroxyl groups excluding tert-OH is 2. The van der Waals surface area contributed by atoms with Crippen molar-refractivity contribution < 1.29 is 34.5 Å². The average Bonchev–Trinajstić information content (AvgIpc) is 2.70. The van der Waals surface area contributed by atoms with Gasteiger partial charge in [-0.25, -0.2) is 0 Å². The van der Waals surface area contributed by atoms with E-state index in [2.05, 4.69) is 0 Å². The fourth-order valence-corrected chi connectivity index (χ4v) is 5.50. The summed E-state index contributed by atoms with van der Waals surface area (Å²) in [4.78, 5) is 52.1. The molecule has 0 bridgehead atoms. The molecule has 168 valence electrons. The van der Waals surface area contributed by atoms with Crippen LogP contribution in [0.4, 0.5) is 0 Å². The summed E-state index contributed by atoms with van der Waals surface area (Å²) >= 11 is 0. The van der Waals surface area contributed by atoms with Crippen LogP contribution in [0.3, 0.4) is 0 Å². The molecule has 3 aliphatic rings. The van der Waals surface area contributed by atoms with Crippen molar-refractivity contribution in [1.82, 2.24) is 4.90 Å². The Morgan fingerprint density at radius 2 is 1.84 bits per heavy atom. The van der Waals surface area contributed by atoms with Gasteiger partial charge in [-0.1, -0.05) is 18.2 Å². The Bertz CT molecular complexity index is 1160.